The summed E-state index contributed by atoms with van der Waals surface area (Å²) in [6.45, 7) is 5.09. The number of aromatic nitrogens is 1. The molecule has 2 heterocycles. The molecule has 2 N–H and O–H groups in total. The Morgan fingerprint density at radius 2 is 2.14 bits per heavy atom. The molecule has 2 amide bonds. The third-order valence-electron chi connectivity index (χ3n) is 3.33. The maximum Gasteiger partial charge on any atom is 0.433 e. The van der Waals surface area contributed by atoms with Gasteiger partial charge in [-0.05, 0) is 26.0 Å². The molecule has 21 heavy (non-hydrogen) atoms. The fourth-order valence-electron chi connectivity index (χ4n) is 2.14. The summed E-state index contributed by atoms with van der Waals surface area (Å²) >= 11 is 0. The predicted octanol–water partition coefficient (Wildman–Crippen LogP) is 2.31. The molecule has 1 aliphatic rings. The van der Waals surface area contributed by atoms with Crippen LogP contribution in [-0.4, -0.2) is 41.1 Å². The second-order valence-electron chi connectivity index (χ2n) is 5.17. The number of nitrogens with one attached hydrogen (secondary N) is 2. The molecule has 1 aromatic rings. The number of urea groups is 1. The fraction of sp³-hybridized carbons (Fsp3) is 0.538. The highest BCUT2D eigenvalue weighted by Gasteiger charge is 2.32. The fourth-order valence-corrected chi connectivity index (χ4v) is 2.14. The SMILES string of the molecule is CC1CN(C(=O)Nc2ccc(C(F)(F)F)nc2)C(C)CN1. The molecule has 0 radical (unpaired) electrons. The lowest BCUT2D eigenvalue weighted by Gasteiger charge is -2.37. The second kappa shape index (κ2) is 5.88. The van der Waals surface area contributed by atoms with Crippen molar-refractivity contribution in [2.75, 3.05) is 18.4 Å². The number of amides is 2. The number of alkyl halides is 3. The van der Waals surface area contributed by atoms with E-state index in [1.54, 1.807) is 4.90 Å². The lowest BCUT2D eigenvalue weighted by atomic mass is 10.1. The van der Waals surface area contributed by atoms with Crippen LogP contribution in [0.5, 0.6) is 0 Å². The normalized spacial score (nSPS) is 23.0. The standard InChI is InChI=1S/C13H17F3N4O/c1-8-7-20(9(2)5-17-8)12(21)19-10-3-4-11(18-6-10)13(14,15)16/h3-4,6,8-9,17H,5,7H2,1-2H3,(H,19,21). The third kappa shape index (κ3) is 3.84. The van der Waals surface area contributed by atoms with Crippen LogP contribution in [0.15, 0.2) is 18.3 Å². The molecular formula is C13H17F3N4O. The van der Waals surface area contributed by atoms with Crippen LogP contribution < -0.4 is 10.6 Å². The minimum absolute atomic E-state index is 0.0172. The number of carbonyl (C=O) groups is 1. The van der Waals surface area contributed by atoms with Gasteiger partial charge in [0.2, 0.25) is 0 Å². The zero-order valence-corrected chi connectivity index (χ0v) is 11.7. The first kappa shape index (κ1) is 15.6. The first-order chi connectivity index (χ1) is 9.77. The molecule has 5 nitrogen and oxygen atoms in total. The number of piperazine rings is 1. The largest absolute Gasteiger partial charge is 0.433 e. The molecule has 1 saturated heterocycles. The van der Waals surface area contributed by atoms with Crippen molar-refractivity contribution in [3.05, 3.63) is 24.0 Å². The van der Waals surface area contributed by atoms with E-state index in [-0.39, 0.29) is 23.8 Å². The van der Waals surface area contributed by atoms with Crippen molar-refractivity contribution in [3.63, 3.8) is 0 Å². The van der Waals surface area contributed by atoms with Gasteiger partial charge in [0, 0.05) is 25.2 Å². The van der Waals surface area contributed by atoms with Gasteiger partial charge in [0.15, 0.2) is 0 Å². The summed E-state index contributed by atoms with van der Waals surface area (Å²) in [6.07, 6.45) is -3.47. The van der Waals surface area contributed by atoms with E-state index in [4.69, 9.17) is 0 Å². The van der Waals surface area contributed by atoms with Crippen LogP contribution in [0.25, 0.3) is 0 Å². The van der Waals surface area contributed by atoms with E-state index in [1.165, 1.54) is 6.07 Å². The molecule has 2 unspecified atom stereocenters. The summed E-state index contributed by atoms with van der Waals surface area (Å²) in [4.78, 5) is 17.1. The van der Waals surface area contributed by atoms with Gasteiger partial charge < -0.3 is 15.5 Å². The Balaban J connectivity index is 2.02. The molecule has 1 fully saturated rings. The molecule has 0 saturated carbocycles. The Morgan fingerprint density at radius 1 is 1.43 bits per heavy atom. The van der Waals surface area contributed by atoms with Crippen molar-refractivity contribution in [1.29, 1.82) is 0 Å². The average molecular weight is 302 g/mol. The van der Waals surface area contributed by atoms with Gasteiger partial charge in [0.05, 0.1) is 11.9 Å². The van der Waals surface area contributed by atoms with E-state index in [0.717, 1.165) is 12.3 Å². The first-order valence-corrected chi connectivity index (χ1v) is 6.61. The highest BCUT2D eigenvalue weighted by molar-refractivity contribution is 5.89. The molecule has 8 heteroatoms. The smallest absolute Gasteiger partial charge is 0.319 e. The molecule has 1 aliphatic heterocycles. The molecule has 1 aromatic heterocycles. The Labute approximate surface area is 120 Å². The van der Waals surface area contributed by atoms with Crippen LogP contribution >= 0.6 is 0 Å². The Kier molecular flexibility index (Phi) is 4.36. The van der Waals surface area contributed by atoms with Crippen molar-refractivity contribution in [1.82, 2.24) is 15.2 Å². The van der Waals surface area contributed by atoms with E-state index in [1.807, 2.05) is 13.8 Å². The monoisotopic (exact) mass is 302 g/mol. The lowest BCUT2D eigenvalue weighted by Crippen LogP contribution is -2.57. The van der Waals surface area contributed by atoms with Crippen LogP contribution in [0.1, 0.15) is 19.5 Å². The number of anilines is 1. The van der Waals surface area contributed by atoms with Crippen LogP contribution in [0, 0.1) is 0 Å². The lowest BCUT2D eigenvalue weighted by molar-refractivity contribution is -0.141. The van der Waals surface area contributed by atoms with E-state index >= 15 is 0 Å². The quantitative estimate of drug-likeness (QED) is 0.837. The summed E-state index contributed by atoms with van der Waals surface area (Å²) in [5.41, 5.74) is -0.740. The van der Waals surface area contributed by atoms with Gasteiger partial charge in [0.25, 0.3) is 0 Å². The number of hydrogen-bond acceptors (Lipinski definition) is 3. The van der Waals surface area contributed by atoms with Crippen LogP contribution in [0.2, 0.25) is 0 Å². The molecule has 0 aromatic carbocycles. The molecular weight excluding hydrogens is 285 g/mol. The molecule has 0 aliphatic carbocycles. The Morgan fingerprint density at radius 3 is 2.71 bits per heavy atom. The van der Waals surface area contributed by atoms with Crippen LogP contribution in [-0.2, 0) is 6.18 Å². The topological polar surface area (TPSA) is 57.3 Å². The molecule has 2 rings (SSSR count). The van der Waals surface area contributed by atoms with Crippen molar-refractivity contribution in [3.8, 4) is 0 Å². The van der Waals surface area contributed by atoms with Gasteiger partial charge in [-0.3, -0.25) is 0 Å². The summed E-state index contributed by atoms with van der Waals surface area (Å²) in [7, 11) is 0. The minimum Gasteiger partial charge on any atom is -0.319 e. The number of halogens is 3. The molecule has 116 valence electrons. The number of hydrogen-bond donors (Lipinski definition) is 2. The first-order valence-electron chi connectivity index (χ1n) is 6.61. The molecule has 0 spiro atoms. The highest BCUT2D eigenvalue weighted by Crippen LogP contribution is 2.27. The van der Waals surface area contributed by atoms with Crippen molar-refractivity contribution >= 4 is 11.7 Å². The summed E-state index contributed by atoms with van der Waals surface area (Å²) < 4.78 is 37.2. The molecule has 2 atom stereocenters. The number of pyridine rings is 1. The van der Waals surface area contributed by atoms with Gasteiger partial charge >= 0.3 is 12.2 Å². The van der Waals surface area contributed by atoms with Gasteiger partial charge in [-0.1, -0.05) is 0 Å². The Bertz CT molecular complexity index is 503. The maximum atomic E-state index is 12.4. The summed E-state index contributed by atoms with van der Waals surface area (Å²) in [5.74, 6) is 0. The van der Waals surface area contributed by atoms with E-state index in [0.29, 0.717) is 13.1 Å². The van der Waals surface area contributed by atoms with E-state index in [9.17, 15) is 18.0 Å². The highest BCUT2D eigenvalue weighted by atomic mass is 19.4. The van der Waals surface area contributed by atoms with Crippen molar-refractivity contribution < 1.29 is 18.0 Å². The van der Waals surface area contributed by atoms with Gasteiger partial charge in [-0.15, -0.1) is 0 Å². The summed E-state index contributed by atoms with van der Waals surface area (Å²) in [6, 6.07) is 1.90. The summed E-state index contributed by atoms with van der Waals surface area (Å²) in [5, 5.41) is 5.82. The van der Waals surface area contributed by atoms with Crippen LogP contribution in [0.3, 0.4) is 0 Å². The number of nitrogens with zero attached hydrogens (tertiary/aromatic N) is 2. The van der Waals surface area contributed by atoms with Crippen molar-refractivity contribution in [2.45, 2.75) is 32.1 Å². The predicted molar refractivity (Wildman–Crippen MR) is 71.9 cm³/mol. The van der Waals surface area contributed by atoms with E-state index in [2.05, 4.69) is 15.6 Å². The van der Waals surface area contributed by atoms with Crippen LogP contribution in [0.4, 0.5) is 23.7 Å². The number of rotatable bonds is 1. The third-order valence-corrected chi connectivity index (χ3v) is 3.33. The molecule has 0 bridgehead atoms. The van der Waals surface area contributed by atoms with E-state index < -0.39 is 11.9 Å². The Hall–Kier alpha value is -1.83. The zero-order chi connectivity index (χ0) is 15.6. The van der Waals surface area contributed by atoms with Gasteiger partial charge in [0.1, 0.15) is 5.69 Å². The zero-order valence-electron chi connectivity index (χ0n) is 11.7. The second-order valence-corrected chi connectivity index (χ2v) is 5.17. The minimum atomic E-state index is -4.48. The van der Waals surface area contributed by atoms with Gasteiger partial charge in [-0.25, -0.2) is 9.78 Å². The van der Waals surface area contributed by atoms with Crippen molar-refractivity contribution in [2.24, 2.45) is 0 Å². The maximum absolute atomic E-state index is 12.4. The average Bonchev–Trinajstić information content (AvgIpc) is 2.41. The van der Waals surface area contributed by atoms with Gasteiger partial charge in [-0.2, -0.15) is 13.2 Å². The number of carbonyl (C=O) groups excluding carboxylic acids is 1.